The summed E-state index contributed by atoms with van der Waals surface area (Å²) in [5, 5.41) is 16.4. The lowest BCUT2D eigenvalue weighted by Gasteiger charge is -2.39. The van der Waals surface area contributed by atoms with E-state index in [1.54, 1.807) is 12.0 Å². The summed E-state index contributed by atoms with van der Waals surface area (Å²) in [7, 11) is 3.35. The van der Waals surface area contributed by atoms with E-state index in [2.05, 4.69) is 10.1 Å². The highest BCUT2D eigenvalue weighted by Crippen LogP contribution is 2.33. The lowest BCUT2D eigenvalue weighted by molar-refractivity contribution is -0.0228. The molecule has 194 valence electrons. The van der Waals surface area contributed by atoms with Gasteiger partial charge in [-0.2, -0.15) is 0 Å². The maximum absolute atomic E-state index is 13.1. The first kappa shape index (κ1) is 26.9. The van der Waals surface area contributed by atoms with E-state index in [-0.39, 0.29) is 11.8 Å². The molecule has 1 aliphatic heterocycles. The molecule has 1 N–H and O–H groups in total. The van der Waals surface area contributed by atoms with Gasteiger partial charge in [0.25, 0.3) is 5.91 Å². The Labute approximate surface area is 224 Å². The van der Waals surface area contributed by atoms with Crippen LogP contribution in [-0.2, 0) is 10.4 Å². The molecular formula is C30H34ClN3O3. The fourth-order valence-electron chi connectivity index (χ4n) is 4.92. The number of likely N-dealkylation sites (N-methyl/N-ethyl adjacent to an activating group) is 1. The summed E-state index contributed by atoms with van der Waals surface area (Å²) in [6.07, 6.45) is 1.27. The normalized spacial score (nSPS) is 16.7. The molecule has 0 bridgehead atoms. The third-order valence-electron chi connectivity index (χ3n) is 7.09. The highest BCUT2D eigenvalue weighted by molar-refractivity contribution is 6.30. The molecule has 1 amide bonds. The number of rotatable bonds is 9. The largest absolute Gasteiger partial charge is 0.399 e. The number of oxime groups is 1. The van der Waals surface area contributed by atoms with Gasteiger partial charge in [-0.15, -0.1) is 0 Å². The number of carbonyl (C=O) groups is 1. The Morgan fingerprint density at radius 2 is 1.62 bits per heavy atom. The van der Waals surface area contributed by atoms with E-state index in [1.807, 2.05) is 92.0 Å². The second kappa shape index (κ2) is 12.4. The number of nitrogens with zero attached hydrogens (tertiary/aromatic N) is 3. The zero-order chi connectivity index (χ0) is 26.3. The topological polar surface area (TPSA) is 65.4 Å². The summed E-state index contributed by atoms with van der Waals surface area (Å²) in [5.41, 5.74) is 2.60. The van der Waals surface area contributed by atoms with Gasteiger partial charge in [-0.25, -0.2) is 0 Å². The molecule has 0 radical (unpaired) electrons. The van der Waals surface area contributed by atoms with Crippen LogP contribution in [0.5, 0.6) is 0 Å². The van der Waals surface area contributed by atoms with Crippen molar-refractivity contribution in [3.63, 3.8) is 0 Å². The third-order valence-corrected chi connectivity index (χ3v) is 7.34. The second-order valence-electron chi connectivity index (χ2n) is 9.59. The van der Waals surface area contributed by atoms with Crippen LogP contribution in [0.25, 0.3) is 0 Å². The lowest BCUT2D eigenvalue weighted by Crippen LogP contribution is -2.46. The van der Waals surface area contributed by atoms with E-state index in [0.717, 1.165) is 29.9 Å². The number of aliphatic hydroxyl groups is 1. The maximum Gasteiger partial charge on any atom is 0.253 e. The van der Waals surface area contributed by atoms with Gasteiger partial charge >= 0.3 is 0 Å². The molecule has 0 aliphatic carbocycles. The Hall–Kier alpha value is -3.19. The van der Waals surface area contributed by atoms with Crippen molar-refractivity contribution in [3.8, 4) is 0 Å². The number of benzene rings is 3. The van der Waals surface area contributed by atoms with E-state index in [0.29, 0.717) is 36.5 Å². The van der Waals surface area contributed by atoms with Crippen LogP contribution in [0.4, 0.5) is 0 Å². The number of likely N-dealkylation sites (tertiary alicyclic amines) is 1. The van der Waals surface area contributed by atoms with Gasteiger partial charge in [0.2, 0.25) is 0 Å². The number of halogens is 1. The first-order chi connectivity index (χ1) is 17.9. The lowest BCUT2D eigenvalue weighted by atomic mass is 9.84. The molecule has 1 fully saturated rings. The summed E-state index contributed by atoms with van der Waals surface area (Å²) in [4.78, 5) is 22.4. The minimum atomic E-state index is -0.825. The maximum atomic E-state index is 13.1. The van der Waals surface area contributed by atoms with Crippen LogP contribution >= 0.6 is 11.6 Å². The van der Waals surface area contributed by atoms with Gasteiger partial charge in [0.15, 0.2) is 0 Å². The van der Waals surface area contributed by atoms with Crippen LogP contribution in [0.1, 0.15) is 40.2 Å². The molecule has 1 aliphatic rings. The predicted octanol–water partition coefficient (Wildman–Crippen LogP) is 5.18. The molecular weight excluding hydrogens is 486 g/mol. The van der Waals surface area contributed by atoms with E-state index in [4.69, 9.17) is 16.4 Å². The standard InChI is InChI=1S/C30H34ClN3O3/c1-33(29(35)24-9-5-3-6-10-24)21-27(23-13-15-26(31)16-14-23)28(32-37-2)22-34-19-17-30(36,18-20-34)25-11-7-4-8-12-25/h3-16,27,36H,17-22H2,1-2H3. The highest BCUT2D eigenvalue weighted by Gasteiger charge is 2.35. The molecule has 3 aromatic carbocycles. The first-order valence-electron chi connectivity index (χ1n) is 12.6. The van der Waals surface area contributed by atoms with Crippen LogP contribution in [0, 0.1) is 0 Å². The minimum Gasteiger partial charge on any atom is -0.399 e. The molecule has 4 rings (SSSR count). The Bertz CT molecular complexity index is 1180. The van der Waals surface area contributed by atoms with E-state index >= 15 is 0 Å². The summed E-state index contributed by atoms with van der Waals surface area (Å²) < 4.78 is 0. The van der Waals surface area contributed by atoms with Crippen molar-refractivity contribution in [1.82, 2.24) is 9.80 Å². The van der Waals surface area contributed by atoms with Gasteiger partial charge in [-0.05, 0) is 48.2 Å². The number of carbonyl (C=O) groups excluding carboxylic acids is 1. The van der Waals surface area contributed by atoms with Gasteiger partial charge in [-0.1, -0.05) is 77.4 Å². The molecule has 1 heterocycles. The summed E-state index contributed by atoms with van der Waals surface area (Å²) >= 11 is 6.17. The van der Waals surface area contributed by atoms with Crippen molar-refractivity contribution in [1.29, 1.82) is 0 Å². The molecule has 7 heteroatoms. The van der Waals surface area contributed by atoms with Crippen molar-refractivity contribution >= 4 is 23.2 Å². The van der Waals surface area contributed by atoms with E-state index in [9.17, 15) is 9.90 Å². The van der Waals surface area contributed by atoms with Crippen LogP contribution < -0.4 is 0 Å². The second-order valence-corrected chi connectivity index (χ2v) is 10.0. The average molecular weight is 520 g/mol. The van der Waals surface area contributed by atoms with Gasteiger partial charge < -0.3 is 14.8 Å². The van der Waals surface area contributed by atoms with Crippen LogP contribution in [0.2, 0.25) is 5.02 Å². The van der Waals surface area contributed by atoms with E-state index in [1.165, 1.54) is 0 Å². The number of piperidine rings is 1. The Morgan fingerprint density at radius 3 is 2.22 bits per heavy atom. The molecule has 0 saturated carbocycles. The molecule has 0 spiro atoms. The van der Waals surface area contributed by atoms with Crippen molar-refractivity contribution in [2.45, 2.75) is 24.4 Å². The summed E-state index contributed by atoms with van der Waals surface area (Å²) in [6, 6.07) is 26.8. The molecule has 6 nitrogen and oxygen atoms in total. The third kappa shape index (κ3) is 6.77. The van der Waals surface area contributed by atoms with Crippen molar-refractivity contribution in [3.05, 3.63) is 107 Å². The fourth-order valence-corrected chi connectivity index (χ4v) is 5.05. The number of hydrogen-bond donors (Lipinski definition) is 1. The van der Waals surface area contributed by atoms with Crippen LogP contribution in [0.3, 0.4) is 0 Å². The molecule has 0 aromatic heterocycles. The quantitative estimate of drug-likeness (QED) is 0.312. The van der Waals surface area contributed by atoms with Crippen molar-refractivity contribution < 1.29 is 14.7 Å². The molecule has 1 saturated heterocycles. The number of amides is 1. The zero-order valence-electron chi connectivity index (χ0n) is 21.4. The average Bonchev–Trinajstić information content (AvgIpc) is 2.94. The smallest absolute Gasteiger partial charge is 0.253 e. The Balaban J connectivity index is 1.53. The SMILES string of the molecule is CON=C(CN1CCC(O)(c2ccccc2)CC1)C(CN(C)C(=O)c1ccccc1)c1ccc(Cl)cc1. The van der Waals surface area contributed by atoms with Gasteiger partial charge in [0, 0.05) is 49.7 Å². The minimum absolute atomic E-state index is 0.0535. The van der Waals surface area contributed by atoms with Crippen LogP contribution in [0.15, 0.2) is 90.1 Å². The van der Waals surface area contributed by atoms with Gasteiger partial charge in [0.05, 0.1) is 11.3 Å². The molecule has 3 aromatic rings. The Morgan fingerprint density at radius 1 is 1.03 bits per heavy atom. The monoisotopic (exact) mass is 519 g/mol. The zero-order valence-corrected chi connectivity index (χ0v) is 22.1. The summed E-state index contributed by atoms with van der Waals surface area (Å²) in [6.45, 7) is 2.44. The Kier molecular flexibility index (Phi) is 8.98. The van der Waals surface area contributed by atoms with Crippen molar-refractivity contribution in [2.24, 2.45) is 5.16 Å². The van der Waals surface area contributed by atoms with Gasteiger partial charge in [-0.3, -0.25) is 9.69 Å². The van der Waals surface area contributed by atoms with E-state index < -0.39 is 5.60 Å². The molecule has 1 unspecified atom stereocenters. The fraction of sp³-hybridized carbons (Fsp3) is 0.333. The summed E-state index contributed by atoms with van der Waals surface area (Å²) in [5.74, 6) is -0.243. The first-order valence-corrected chi connectivity index (χ1v) is 12.9. The number of hydrogen-bond acceptors (Lipinski definition) is 5. The highest BCUT2D eigenvalue weighted by atomic mass is 35.5. The molecule has 37 heavy (non-hydrogen) atoms. The van der Waals surface area contributed by atoms with Crippen LogP contribution in [-0.4, -0.2) is 66.9 Å². The van der Waals surface area contributed by atoms with Crippen molar-refractivity contribution in [2.75, 3.05) is 40.3 Å². The molecule has 1 atom stereocenters. The predicted molar refractivity (Wildman–Crippen MR) is 148 cm³/mol. The van der Waals surface area contributed by atoms with Gasteiger partial charge in [0.1, 0.15) is 7.11 Å².